The molecule has 3 rings (SSSR count). The summed E-state index contributed by atoms with van der Waals surface area (Å²) in [5.41, 5.74) is 0.817. The average Bonchev–Trinajstić information content (AvgIpc) is 3.04. The molecule has 1 aromatic heterocycles. The number of nitrogens with one attached hydrogen (secondary N) is 1. The van der Waals surface area contributed by atoms with Crippen LogP contribution in [0.3, 0.4) is 0 Å². The molecule has 4 nitrogen and oxygen atoms in total. The molecule has 1 aromatic carbocycles. The Morgan fingerprint density at radius 3 is 2.58 bits per heavy atom. The summed E-state index contributed by atoms with van der Waals surface area (Å²) in [5.74, 6) is -1.13. The van der Waals surface area contributed by atoms with Crippen molar-refractivity contribution < 1.29 is 14.7 Å². The molecule has 0 spiro atoms. The quantitative estimate of drug-likeness (QED) is 0.874. The van der Waals surface area contributed by atoms with E-state index in [9.17, 15) is 14.7 Å². The molecule has 1 aliphatic rings. The highest BCUT2D eigenvalue weighted by Gasteiger charge is 2.35. The molecule has 0 radical (unpaired) electrons. The second-order valence-corrected chi connectivity index (χ2v) is 7.59. The van der Waals surface area contributed by atoms with Crippen molar-refractivity contribution in [1.82, 2.24) is 5.32 Å². The number of hydrogen-bond donors (Lipinski definition) is 2. The Hall–Kier alpha value is -2.14. The summed E-state index contributed by atoms with van der Waals surface area (Å²) in [4.78, 5) is 26.2. The normalized spacial score (nSPS) is 16.0. The Labute approximate surface area is 145 Å². The number of aliphatic carboxylic acids is 1. The van der Waals surface area contributed by atoms with Crippen molar-refractivity contribution in [3.63, 3.8) is 0 Å². The molecule has 5 heteroatoms. The maximum atomic E-state index is 12.5. The van der Waals surface area contributed by atoms with E-state index in [-0.39, 0.29) is 12.5 Å². The molecule has 2 aromatic rings. The fourth-order valence-corrected chi connectivity index (χ4v) is 4.22. The van der Waals surface area contributed by atoms with Gasteiger partial charge in [-0.25, -0.2) is 0 Å². The lowest BCUT2D eigenvalue weighted by Crippen LogP contribution is -2.44. The van der Waals surface area contributed by atoms with E-state index in [2.05, 4.69) is 5.32 Å². The number of carboxylic acids is 1. The third-order valence-corrected chi connectivity index (χ3v) is 5.94. The van der Waals surface area contributed by atoms with Gasteiger partial charge in [0.05, 0.1) is 4.88 Å². The smallest absolute Gasteiger partial charge is 0.315 e. The first kappa shape index (κ1) is 16.7. The van der Waals surface area contributed by atoms with Crippen molar-refractivity contribution in [1.29, 1.82) is 0 Å². The molecule has 1 heterocycles. The highest BCUT2D eigenvalue weighted by Crippen LogP contribution is 2.30. The predicted molar refractivity (Wildman–Crippen MR) is 94.7 cm³/mol. The van der Waals surface area contributed by atoms with E-state index in [0.717, 1.165) is 12.8 Å². The Kier molecular flexibility index (Phi) is 4.71. The van der Waals surface area contributed by atoms with E-state index in [1.54, 1.807) is 19.1 Å². The lowest BCUT2D eigenvalue weighted by atomic mass is 9.82. The molecular weight excluding hydrogens is 322 g/mol. The summed E-state index contributed by atoms with van der Waals surface area (Å²) in [6.45, 7) is 1.71. The van der Waals surface area contributed by atoms with Crippen LogP contribution in [-0.4, -0.2) is 23.5 Å². The summed E-state index contributed by atoms with van der Waals surface area (Å²) < 4.78 is 0. The van der Waals surface area contributed by atoms with E-state index in [0.29, 0.717) is 10.4 Å². The summed E-state index contributed by atoms with van der Waals surface area (Å²) >= 11 is 1.54. The van der Waals surface area contributed by atoms with Crippen molar-refractivity contribution in [2.24, 2.45) is 0 Å². The number of amides is 1. The van der Waals surface area contributed by atoms with Crippen LogP contribution in [0.5, 0.6) is 0 Å². The standard InChI is InChI=1S/C19H21NO3S/c1-19(18(22)23,14-8-3-2-4-9-14)12-20-17(21)16-11-13-7-5-6-10-15(13)24-16/h2-4,8-9,11H,5-7,10,12H2,1H3,(H,20,21)(H,22,23). The zero-order valence-electron chi connectivity index (χ0n) is 13.7. The summed E-state index contributed by atoms with van der Waals surface area (Å²) in [6.07, 6.45) is 4.44. The van der Waals surface area contributed by atoms with Crippen LogP contribution >= 0.6 is 11.3 Å². The van der Waals surface area contributed by atoms with Crippen molar-refractivity contribution in [3.05, 3.63) is 57.3 Å². The fourth-order valence-electron chi connectivity index (χ4n) is 3.05. The van der Waals surface area contributed by atoms with Crippen LogP contribution in [0.15, 0.2) is 36.4 Å². The molecule has 2 N–H and O–H groups in total. The minimum atomic E-state index is -1.15. The van der Waals surface area contributed by atoms with Gasteiger partial charge in [0, 0.05) is 11.4 Å². The second kappa shape index (κ2) is 6.77. The number of fused-ring (bicyclic) bond motifs is 1. The number of carboxylic acid groups (broad SMARTS) is 1. The van der Waals surface area contributed by atoms with E-state index in [1.165, 1.54) is 34.6 Å². The molecule has 0 aliphatic heterocycles. The first-order valence-corrected chi connectivity index (χ1v) is 9.01. The van der Waals surface area contributed by atoms with Gasteiger partial charge in [0.15, 0.2) is 0 Å². The summed E-state index contributed by atoms with van der Waals surface area (Å²) in [6, 6.07) is 11.0. The van der Waals surface area contributed by atoms with Gasteiger partial charge in [-0.2, -0.15) is 0 Å². The average molecular weight is 343 g/mol. The number of thiophene rings is 1. The molecule has 0 saturated carbocycles. The first-order valence-electron chi connectivity index (χ1n) is 8.19. The zero-order chi connectivity index (χ0) is 17.2. The Balaban J connectivity index is 1.74. The van der Waals surface area contributed by atoms with Gasteiger partial charge in [-0.05, 0) is 49.8 Å². The van der Waals surface area contributed by atoms with E-state index in [4.69, 9.17) is 0 Å². The monoisotopic (exact) mass is 343 g/mol. The van der Waals surface area contributed by atoms with E-state index < -0.39 is 11.4 Å². The van der Waals surface area contributed by atoms with Gasteiger partial charge in [-0.15, -0.1) is 11.3 Å². The molecule has 1 unspecified atom stereocenters. The minimum absolute atomic E-state index is 0.0632. The molecule has 126 valence electrons. The van der Waals surface area contributed by atoms with Crippen molar-refractivity contribution >= 4 is 23.2 Å². The molecule has 0 bridgehead atoms. The van der Waals surface area contributed by atoms with Gasteiger partial charge in [-0.1, -0.05) is 30.3 Å². The minimum Gasteiger partial charge on any atom is -0.481 e. The number of rotatable bonds is 5. The van der Waals surface area contributed by atoms with Crippen LogP contribution in [0.25, 0.3) is 0 Å². The highest BCUT2D eigenvalue weighted by molar-refractivity contribution is 7.14. The van der Waals surface area contributed by atoms with Gasteiger partial charge in [0.2, 0.25) is 0 Å². The third kappa shape index (κ3) is 3.22. The van der Waals surface area contributed by atoms with E-state index in [1.807, 2.05) is 24.3 Å². The van der Waals surface area contributed by atoms with Crippen LogP contribution in [0, 0.1) is 0 Å². The van der Waals surface area contributed by atoms with Gasteiger partial charge >= 0.3 is 5.97 Å². The Morgan fingerprint density at radius 2 is 1.92 bits per heavy atom. The third-order valence-electron chi connectivity index (χ3n) is 4.71. The van der Waals surface area contributed by atoms with Crippen LogP contribution in [0.1, 0.15) is 45.4 Å². The molecular formula is C19H21NO3S. The zero-order valence-corrected chi connectivity index (χ0v) is 14.5. The van der Waals surface area contributed by atoms with Crippen LogP contribution in [0.2, 0.25) is 0 Å². The van der Waals surface area contributed by atoms with Crippen molar-refractivity contribution in [2.75, 3.05) is 6.54 Å². The van der Waals surface area contributed by atoms with Gasteiger partial charge in [0.25, 0.3) is 5.91 Å². The SMILES string of the molecule is CC(CNC(=O)c1cc2c(s1)CCCC2)(C(=O)O)c1ccccc1. The maximum absolute atomic E-state index is 12.5. The highest BCUT2D eigenvalue weighted by atomic mass is 32.1. The fraction of sp³-hybridized carbons (Fsp3) is 0.368. The molecule has 0 fully saturated rings. The number of carbonyl (C=O) groups is 2. The molecule has 1 amide bonds. The van der Waals surface area contributed by atoms with Gasteiger partial charge in [-0.3, -0.25) is 9.59 Å². The van der Waals surface area contributed by atoms with Crippen LogP contribution < -0.4 is 5.32 Å². The van der Waals surface area contributed by atoms with Gasteiger partial charge < -0.3 is 10.4 Å². The van der Waals surface area contributed by atoms with Crippen LogP contribution in [0.4, 0.5) is 0 Å². The number of aryl methyl sites for hydroxylation is 2. The Bertz CT molecular complexity index is 730. The Morgan fingerprint density at radius 1 is 1.21 bits per heavy atom. The summed E-state index contributed by atoms with van der Waals surface area (Å²) in [7, 11) is 0. The lowest BCUT2D eigenvalue weighted by molar-refractivity contribution is -0.142. The topological polar surface area (TPSA) is 66.4 Å². The van der Waals surface area contributed by atoms with Crippen LogP contribution in [-0.2, 0) is 23.1 Å². The number of hydrogen-bond acceptors (Lipinski definition) is 3. The van der Waals surface area contributed by atoms with Crippen molar-refractivity contribution in [2.45, 2.75) is 38.0 Å². The number of benzene rings is 1. The molecule has 1 aliphatic carbocycles. The lowest BCUT2D eigenvalue weighted by Gasteiger charge is -2.25. The first-order chi connectivity index (χ1) is 11.5. The molecule has 0 saturated heterocycles. The maximum Gasteiger partial charge on any atom is 0.315 e. The number of carbonyl (C=O) groups excluding carboxylic acids is 1. The summed E-state index contributed by atoms with van der Waals surface area (Å²) in [5, 5.41) is 12.5. The molecule has 24 heavy (non-hydrogen) atoms. The second-order valence-electron chi connectivity index (χ2n) is 6.45. The van der Waals surface area contributed by atoms with E-state index >= 15 is 0 Å². The van der Waals surface area contributed by atoms with Gasteiger partial charge in [0.1, 0.15) is 5.41 Å². The van der Waals surface area contributed by atoms with Crippen molar-refractivity contribution in [3.8, 4) is 0 Å². The molecule has 1 atom stereocenters. The largest absolute Gasteiger partial charge is 0.481 e. The predicted octanol–water partition coefficient (Wildman–Crippen LogP) is 3.40.